The SMILES string of the molecule is CCOC(=O)C1=C(C)N(Cc2cccc(C(=O)N3CCC(C)CC3)c2)C(=O)C[C@H]1c1ccccc1Cl. The number of nitrogens with zero attached hydrogens (tertiary/aromatic N) is 2. The van der Waals surface area contributed by atoms with E-state index >= 15 is 0 Å². The van der Waals surface area contributed by atoms with E-state index < -0.39 is 11.9 Å². The highest BCUT2D eigenvalue weighted by Gasteiger charge is 2.37. The Labute approximate surface area is 217 Å². The third-order valence-electron chi connectivity index (χ3n) is 7.18. The number of amides is 2. The lowest BCUT2D eigenvalue weighted by atomic mass is 9.83. The van der Waals surface area contributed by atoms with Crippen molar-refractivity contribution in [3.05, 3.63) is 81.5 Å². The highest BCUT2D eigenvalue weighted by molar-refractivity contribution is 6.31. The van der Waals surface area contributed by atoms with Crippen LogP contribution in [0.2, 0.25) is 5.02 Å². The van der Waals surface area contributed by atoms with Gasteiger partial charge in [-0.2, -0.15) is 0 Å². The van der Waals surface area contributed by atoms with Gasteiger partial charge in [0.2, 0.25) is 5.91 Å². The van der Waals surface area contributed by atoms with Crippen LogP contribution in [0, 0.1) is 5.92 Å². The van der Waals surface area contributed by atoms with Gasteiger partial charge in [-0.05, 0) is 61.9 Å². The molecule has 2 aromatic rings. The monoisotopic (exact) mass is 508 g/mol. The molecule has 2 aliphatic rings. The van der Waals surface area contributed by atoms with Crippen LogP contribution in [-0.4, -0.2) is 47.3 Å². The predicted octanol–water partition coefficient (Wildman–Crippen LogP) is 5.57. The summed E-state index contributed by atoms with van der Waals surface area (Å²) < 4.78 is 5.37. The van der Waals surface area contributed by atoms with Gasteiger partial charge in [-0.3, -0.25) is 9.59 Å². The molecule has 2 aliphatic heterocycles. The summed E-state index contributed by atoms with van der Waals surface area (Å²) in [7, 11) is 0. The molecular weight excluding hydrogens is 476 g/mol. The summed E-state index contributed by atoms with van der Waals surface area (Å²) in [5.41, 5.74) is 3.18. The van der Waals surface area contributed by atoms with Gasteiger partial charge in [-0.1, -0.05) is 48.9 Å². The summed E-state index contributed by atoms with van der Waals surface area (Å²) in [5, 5.41) is 0.511. The van der Waals surface area contributed by atoms with Crippen molar-refractivity contribution in [2.45, 2.75) is 52.5 Å². The summed E-state index contributed by atoms with van der Waals surface area (Å²) in [4.78, 5) is 43.0. The average molecular weight is 509 g/mol. The van der Waals surface area contributed by atoms with Crippen molar-refractivity contribution in [1.29, 1.82) is 0 Å². The van der Waals surface area contributed by atoms with Gasteiger partial charge in [0.05, 0.1) is 18.7 Å². The summed E-state index contributed by atoms with van der Waals surface area (Å²) >= 11 is 6.45. The Kier molecular flexibility index (Phi) is 8.14. The van der Waals surface area contributed by atoms with E-state index in [0.29, 0.717) is 27.8 Å². The van der Waals surface area contributed by atoms with Gasteiger partial charge in [0, 0.05) is 41.7 Å². The summed E-state index contributed by atoms with van der Waals surface area (Å²) in [6.07, 6.45) is 2.14. The molecular formula is C29H33ClN2O4. The molecule has 4 rings (SSSR count). The van der Waals surface area contributed by atoms with Gasteiger partial charge < -0.3 is 14.5 Å². The number of halogens is 1. The Balaban J connectivity index is 1.63. The summed E-state index contributed by atoms with van der Waals surface area (Å²) in [5.74, 6) is -0.362. The first-order valence-electron chi connectivity index (χ1n) is 12.6. The Bertz CT molecular complexity index is 1180. The Morgan fingerprint density at radius 2 is 1.81 bits per heavy atom. The van der Waals surface area contributed by atoms with Crippen LogP contribution in [0.25, 0.3) is 0 Å². The summed E-state index contributed by atoms with van der Waals surface area (Å²) in [6, 6.07) is 14.7. The Morgan fingerprint density at radius 3 is 2.50 bits per heavy atom. The number of carbonyl (C=O) groups is 3. The first kappa shape index (κ1) is 26.0. The molecule has 0 N–H and O–H groups in total. The third-order valence-corrected chi connectivity index (χ3v) is 7.53. The lowest BCUT2D eigenvalue weighted by Crippen LogP contribution is -2.38. The van der Waals surface area contributed by atoms with E-state index in [1.165, 1.54) is 0 Å². The minimum Gasteiger partial charge on any atom is -0.463 e. The molecule has 7 heteroatoms. The molecule has 2 amide bonds. The molecule has 1 saturated heterocycles. The van der Waals surface area contributed by atoms with Crippen molar-refractivity contribution in [2.24, 2.45) is 5.92 Å². The maximum absolute atomic E-state index is 13.3. The smallest absolute Gasteiger partial charge is 0.336 e. The van der Waals surface area contributed by atoms with E-state index in [9.17, 15) is 14.4 Å². The fourth-order valence-electron chi connectivity index (χ4n) is 5.08. The standard InChI is InChI=1S/C29H33ClN2O4/c1-4-36-29(35)27-20(3)32(26(33)17-24(27)23-10-5-6-11-25(23)30)18-21-8-7-9-22(16-21)28(34)31-14-12-19(2)13-15-31/h5-11,16,19,24H,4,12-15,17-18H2,1-3H3/t24-/m0/s1. The van der Waals surface area contributed by atoms with Crippen molar-refractivity contribution in [3.8, 4) is 0 Å². The molecule has 0 unspecified atom stereocenters. The van der Waals surface area contributed by atoms with E-state index in [2.05, 4.69) is 6.92 Å². The fraction of sp³-hybridized carbons (Fsp3) is 0.414. The zero-order chi connectivity index (χ0) is 25.8. The van der Waals surface area contributed by atoms with Crippen LogP contribution < -0.4 is 0 Å². The van der Waals surface area contributed by atoms with Gasteiger partial charge >= 0.3 is 5.97 Å². The largest absolute Gasteiger partial charge is 0.463 e. The number of allylic oxidation sites excluding steroid dienone is 1. The van der Waals surface area contributed by atoms with Crippen LogP contribution in [0.1, 0.15) is 67.4 Å². The van der Waals surface area contributed by atoms with Gasteiger partial charge in [0.25, 0.3) is 5.91 Å². The number of hydrogen-bond donors (Lipinski definition) is 0. The molecule has 0 radical (unpaired) electrons. The molecule has 0 saturated carbocycles. The predicted molar refractivity (Wildman–Crippen MR) is 139 cm³/mol. The van der Waals surface area contributed by atoms with Gasteiger partial charge in [-0.15, -0.1) is 0 Å². The van der Waals surface area contributed by atoms with Gasteiger partial charge in [0.1, 0.15) is 0 Å². The molecule has 2 heterocycles. The first-order valence-corrected chi connectivity index (χ1v) is 13.0. The first-order chi connectivity index (χ1) is 17.3. The zero-order valence-electron chi connectivity index (χ0n) is 21.1. The summed E-state index contributed by atoms with van der Waals surface area (Å²) in [6.45, 7) is 7.78. The quantitative estimate of drug-likeness (QED) is 0.479. The van der Waals surface area contributed by atoms with E-state index in [4.69, 9.17) is 16.3 Å². The fourth-order valence-corrected chi connectivity index (χ4v) is 5.35. The minimum absolute atomic E-state index is 0.0204. The average Bonchev–Trinajstić information content (AvgIpc) is 2.87. The molecule has 0 spiro atoms. The van der Waals surface area contributed by atoms with Crippen molar-refractivity contribution in [2.75, 3.05) is 19.7 Å². The maximum atomic E-state index is 13.3. The van der Waals surface area contributed by atoms with E-state index in [0.717, 1.165) is 37.1 Å². The second kappa shape index (κ2) is 11.3. The Hall–Kier alpha value is -3.12. The van der Waals surface area contributed by atoms with Crippen LogP contribution in [0.3, 0.4) is 0 Å². The number of benzene rings is 2. The number of hydrogen-bond acceptors (Lipinski definition) is 4. The van der Waals surface area contributed by atoms with Crippen LogP contribution in [0.15, 0.2) is 59.8 Å². The number of carbonyl (C=O) groups excluding carboxylic acids is 3. The molecule has 0 aliphatic carbocycles. The van der Waals surface area contributed by atoms with E-state index in [1.54, 1.807) is 24.8 Å². The lowest BCUT2D eigenvalue weighted by Gasteiger charge is -2.35. The molecule has 2 aromatic carbocycles. The van der Waals surface area contributed by atoms with Gasteiger partial charge in [0.15, 0.2) is 0 Å². The highest BCUT2D eigenvalue weighted by atomic mass is 35.5. The Morgan fingerprint density at radius 1 is 1.08 bits per heavy atom. The number of piperidine rings is 1. The van der Waals surface area contributed by atoms with Crippen molar-refractivity contribution in [1.82, 2.24) is 9.80 Å². The number of esters is 1. The number of rotatable bonds is 6. The number of ether oxygens (including phenoxy) is 1. The van der Waals surface area contributed by atoms with E-state index in [-0.39, 0.29) is 31.4 Å². The van der Waals surface area contributed by atoms with Crippen LogP contribution in [-0.2, 0) is 20.9 Å². The molecule has 0 aromatic heterocycles. The zero-order valence-corrected chi connectivity index (χ0v) is 21.9. The van der Waals surface area contributed by atoms with Crippen molar-refractivity contribution in [3.63, 3.8) is 0 Å². The van der Waals surface area contributed by atoms with Crippen LogP contribution >= 0.6 is 11.6 Å². The molecule has 6 nitrogen and oxygen atoms in total. The van der Waals surface area contributed by atoms with Crippen molar-refractivity contribution >= 4 is 29.4 Å². The van der Waals surface area contributed by atoms with E-state index in [1.807, 2.05) is 47.4 Å². The maximum Gasteiger partial charge on any atom is 0.336 e. The van der Waals surface area contributed by atoms with Crippen LogP contribution in [0.4, 0.5) is 0 Å². The second-order valence-corrected chi connectivity index (χ2v) is 10.1. The highest BCUT2D eigenvalue weighted by Crippen LogP contribution is 2.40. The molecule has 1 fully saturated rings. The molecule has 1 atom stereocenters. The molecule has 0 bridgehead atoms. The van der Waals surface area contributed by atoms with Crippen LogP contribution in [0.5, 0.6) is 0 Å². The van der Waals surface area contributed by atoms with Gasteiger partial charge in [-0.25, -0.2) is 4.79 Å². The van der Waals surface area contributed by atoms with Crippen molar-refractivity contribution < 1.29 is 19.1 Å². The second-order valence-electron chi connectivity index (χ2n) is 9.65. The third kappa shape index (κ3) is 5.49. The molecule has 36 heavy (non-hydrogen) atoms. The molecule has 190 valence electrons. The minimum atomic E-state index is -0.476. The normalized spacial score (nSPS) is 19.0. The topological polar surface area (TPSA) is 66.9 Å². The lowest BCUT2D eigenvalue weighted by molar-refractivity contribution is -0.140. The number of likely N-dealkylation sites (tertiary alicyclic amines) is 1.